The second-order valence-electron chi connectivity index (χ2n) is 8.85. The molecule has 2 aromatic carbocycles. The summed E-state index contributed by atoms with van der Waals surface area (Å²) in [4.78, 5) is 13.6. The third-order valence-electron chi connectivity index (χ3n) is 5.51. The Hall–Kier alpha value is -2.43. The van der Waals surface area contributed by atoms with E-state index >= 15 is 0 Å². The number of carbonyl (C=O) groups excluding carboxylic acids is 1. The number of hydrogen-bond donors (Lipinski definition) is 1. The Bertz CT molecular complexity index is 817. The molecule has 160 valence electrons. The van der Waals surface area contributed by atoms with Crippen molar-refractivity contribution in [2.45, 2.75) is 69.9 Å². The van der Waals surface area contributed by atoms with E-state index in [0.717, 1.165) is 11.1 Å². The second-order valence-corrected chi connectivity index (χ2v) is 8.85. The number of hydrogen-bond acceptors (Lipinski definition) is 4. The fourth-order valence-corrected chi connectivity index (χ4v) is 4.17. The van der Waals surface area contributed by atoms with E-state index in [4.69, 9.17) is 9.47 Å². The lowest BCUT2D eigenvalue weighted by atomic mass is 9.85. The summed E-state index contributed by atoms with van der Waals surface area (Å²) in [7, 11) is 0. The van der Waals surface area contributed by atoms with Gasteiger partial charge in [0.05, 0.1) is 6.10 Å². The number of nitrogens with one attached hydrogen (secondary N) is 1. The average Bonchev–Trinajstić information content (AvgIpc) is 3.09. The minimum atomic E-state index is -0.984. The minimum absolute atomic E-state index is 0.280. The molecule has 0 aliphatic carbocycles. The maximum Gasteiger partial charge on any atom is 0.329 e. The first-order valence-electron chi connectivity index (χ1n) is 10.7. The lowest BCUT2D eigenvalue weighted by Gasteiger charge is -2.35. The summed E-state index contributed by atoms with van der Waals surface area (Å²) in [6.45, 7) is 11.6. The molecule has 0 saturated carbocycles. The molecule has 1 aliphatic rings. The molecular weight excluding hydrogens is 374 g/mol. The van der Waals surface area contributed by atoms with E-state index in [9.17, 15) is 4.79 Å². The zero-order chi connectivity index (χ0) is 21.8. The van der Waals surface area contributed by atoms with Gasteiger partial charge in [-0.15, -0.1) is 6.58 Å². The Balaban J connectivity index is 2.17. The summed E-state index contributed by atoms with van der Waals surface area (Å²) in [6, 6.07) is 20.0. The molecule has 2 atom stereocenters. The molecule has 1 heterocycles. The predicted octanol–water partition coefficient (Wildman–Crippen LogP) is 5.33. The van der Waals surface area contributed by atoms with Crippen molar-refractivity contribution in [1.82, 2.24) is 5.32 Å². The van der Waals surface area contributed by atoms with Crippen molar-refractivity contribution in [2.75, 3.05) is 0 Å². The van der Waals surface area contributed by atoms with Crippen LogP contribution in [-0.2, 0) is 20.0 Å². The topological polar surface area (TPSA) is 47.6 Å². The van der Waals surface area contributed by atoms with Gasteiger partial charge in [-0.05, 0) is 40.0 Å². The van der Waals surface area contributed by atoms with Gasteiger partial charge in [0, 0.05) is 11.1 Å². The number of benzene rings is 2. The molecule has 2 unspecified atom stereocenters. The summed E-state index contributed by atoms with van der Waals surface area (Å²) in [5.74, 6) is -0.280. The molecule has 1 aliphatic heterocycles. The highest BCUT2D eigenvalue weighted by atomic mass is 16.6. The van der Waals surface area contributed by atoms with E-state index in [0.29, 0.717) is 19.3 Å². The molecule has 4 heteroatoms. The third kappa shape index (κ3) is 4.21. The highest BCUT2D eigenvalue weighted by Crippen LogP contribution is 2.45. The lowest BCUT2D eigenvalue weighted by molar-refractivity contribution is -0.165. The second kappa shape index (κ2) is 8.75. The van der Waals surface area contributed by atoms with Crippen LogP contribution in [0.2, 0.25) is 0 Å². The van der Waals surface area contributed by atoms with Gasteiger partial charge in [-0.1, -0.05) is 73.7 Å². The van der Waals surface area contributed by atoms with Gasteiger partial charge in [-0.2, -0.15) is 0 Å². The van der Waals surface area contributed by atoms with Crippen molar-refractivity contribution in [1.29, 1.82) is 0 Å². The Labute approximate surface area is 180 Å². The van der Waals surface area contributed by atoms with Crippen LogP contribution in [0.4, 0.5) is 0 Å². The van der Waals surface area contributed by atoms with Crippen LogP contribution in [0, 0.1) is 0 Å². The molecule has 1 N–H and O–H groups in total. The summed E-state index contributed by atoms with van der Waals surface area (Å²) >= 11 is 0. The largest absolute Gasteiger partial charge is 0.459 e. The van der Waals surface area contributed by atoms with Crippen LogP contribution < -0.4 is 5.32 Å². The molecule has 2 aromatic rings. The van der Waals surface area contributed by atoms with Crippen molar-refractivity contribution >= 4 is 5.97 Å². The molecule has 0 bridgehead atoms. The Morgan fingerprint density at radius 3 is 2.07 bits per heavy atom. The third-order valence-corrected chi connectivity index (χ3v) is 5.51. The fraction of sp³-hybridized carbons (Fsp3) is 0.423. The maximum absolute atomic E-state index is 13.6. The highest BCUT2D eigenvalue weighted by Gasteiger charge is 2.60. The first-order chi connectivity index (χ1) is 14.3. The number of allylic oxidation sites excluding steroid dienone is 1. The molecular formula is C26H33NO3. The van der Waals surface area contributed by atoms with E-state index < -0.39 is 16.9 Å². The van der Waals surface area contributed by atoms with Crippen molar-refractivity contribution in [2.24, 2.45) is 0 Å². The van der Waals surface area contributed by atoms with Crippen LogP contribution >= 0.6 is 0 Å². The van der Waals surface area contributed by atoms with Crippen LogP contribution in [0.5, 0.6) is 0 Å². The maximum atomic E-state index is 13.6. The van der Waals surface area contributed by atoms with E-state index in [-0.39, 0.29) is 12.1 Å². The summed E-state index contributed by atoms with van der Waals surface area (Å²) < 4.78 is 12.7. The molecule has 0 aromatic heterocycles. The van der Waals surface area contributed by atoms with Gasteiger partial charge in [-0.25, -0.2) is 4.79 Å². The summed E-state index contributed by atoms with van der Waals surface area (Å²) in [5, 5.41) is 3.66. The number of carbonyl (C=O) groups is 1. The van der Waals surface area contributed by atoms with Gasteiger partial charge in [0.25, 0.3) is 0 Å². The monoisotopic (exact) mass is 407 g/mol. The van der Waals surface area contributed by atoms with Gasteiger partial charge in [-0.3, -0.25) is 5.32 Å². The van der Waals surface area contributed by atoms with E-state index in [1.807, 2.05) is 94.4 Å². The van der Waals surface area contributed by atoms with Crippen LogP contribution in [0.1, 0.15) is 58.1 Å². The van der Waals surface area contributed by atoms with Gasteiger partial charge in [0.1, 0.15) is 11.1 Å². The van der Waals surface area contributed by atoms with Crippen molar-refractivity contribution in [3.8, 4) is 0 Å². The minimum Gasteiger partial charge on any atom is -0.459 e. The van der Waals surface area contributed by atoms with Gasteiger partial charge in [0.15, 0.2) is 5.72 Å². The van der Waals surface area contributed by atoms with Crippen LogP contribution in [0.15, 0.2) is 73.3 Å². The first kappa shape index (κ1) is 22.3. The molecule has 0 radical (unpaired) electrons. The standard InChI is InChI=1S/C26H33NO3/c1-6-8-19-25(23(28)30-24(3,4)5)22(7-2)29-26(27-25,20-15-11-9-12-16-20)21-17-13-10-14-18-21/h6,9-18,22,27H,1,7-8,19H2,2-5H3. The smallest absolute Gasteiger partial charge is 0.329 e. The quantitative estimate of drug-likeness (QED) is 0.498. The van der Waals surface area contributed by atoms with E-state index in [2.05, 4.69) is 11.9 Å². The predicted molar refractivity (Wildman–Crippen MR) is 120 cm³/mol. The zero-order valence-corrected chi connectivity index (χ0v) is 18.5. The van der Waals surface area contributed by atoms with Crippen molar-refractivity contribution in [3.05, 3.63) is 84.4 Å². The molecule has 4 nitrogen and oxygen atoms in total. The van der Waals surface area contributed by atoms with Gasteiger partial charge in [0.2, 0.25) is 0 Å². The van der Waals surface area contributed by atoms with E-state index in [1.54, 1.807) is 0 Å². The zero-order valence-electron chi connectivity index (χ0n) is 18.5. The van der Waals surface area contributed by atoms with Gasteiger partial charge >= 0.3 is 5.97 Å². The molecule has 1 fully saturated rings. The summed E-state index contributed by atoms with van der Waals surface area (Å²) in [5.41, 5.74) is -0.607. The first-order valence-corrected chi connectivity index (χ1v) is 10.7. The number of rotatable bonds is 7. The Morgan fingerprint density at radius 2 is 1.63 bits per heavy atom. The van der Waals surface area contributed by atoms with Crippen molar-refractivity contribution in [3.63, 3.8) is 0 Å². The molecule has 0 amide bonds. The number of esters is 1. The van der Waals surface area contributed by atoms with Gasteiger partial charge < -0.3 is 9.47 Å². The van der Waals surface area contributed by atoms with E-state index in [1.165, 1.54) is 0 Å². The normalized spacial score (nSPS) is 23.1. The van der Waals surface area contributed by atoms with Crippen LogP contribution in [0.3, 0.4) is 0 Å². The molecule has 0 spiro atoms. The lowest BCUT2D eigenvalue weighted by Crippen LogP contribution is -2.59. The molecule has 3 rings (SSSR count). The summed E-state index contributed by atoms with van der Waals surface area (Å²) in [6.07, 6.45) is 3.38. The van der Waals surface area contributed by atoms with Crippen LogP contribution in [-0.4, -0.2) is 23.2 Å². The highest BCUT2D eigenvalue weighted by molar-refractivity contribution is 5.83. The molecule has 1 saturated heterocycles. The van der Waals surface area contributed by atoms with Crippen molar-refractivity contribution < 1.29 is 14.3 Å². The SMILES string of the molecule is C=CCCC1(C(=O)OC(C)(C)C)NC(c2ccccc2)(c2ccccc2)OC1CC. The Kier molecular flexibility index (Phi) is 6.49. The fourth-order valence-electron chi connectivity index (χ4n) is 4.17. The van der Waals surface area contributed by atoms with Crippen LogP contribution in [0.25, 0.3) is 0 Å². The average molecular weight is 408 g/mol. The number of ether oxygens (including phenoxy) is 2. The molecule has 30 heavy (non-hydrogen) atoms. The Morgan fingerprint density at radius 1 is 1.10 bits per heavy atom.